The van der Waals surface area contributed by atoms with Crippen LogP contribution in [-0.2, 0) is 16.1 Å². The molecule has 7 heteroatoms. The molecule has 1 N–H and O–H groups in total. The van der Waals surface area contributed by atoms with Crippen molar-refractivity contribution in [3.8, 4) is 5.75 Å². The van der Waals surface area contributed by atoms with E-state index in [-0.39, 0.29) is 17.9 Å². The fourth-order valence-corrected chi connectivity index (χ4v) is 3.53. The van der Waals surface area contributed by atoms with E-state index >= 15 is 0 Å². The first kappa shape index (κ1) is 19.4. The largest absolute Gasteiger partial charge is 0.507 e. The third-order valence-electron chi connectivity index (χ3n) is 5.04. The Kier molecular flexibility index (Phi) is 5.10. The average Bonchev–Trinajstić information content (AvgIpc) is 3.30. The van der Waals surface area contributed by atoms with Gasteiger partial charge in [-0.3, -0.25) is 14.6 Å². The quantitative estimate of drug-likeness (QED) is 0.397. The highest BCUT2D eigenvalue weighted by molar-refractivity contribution is 6.46. The van der Waals surface area contributed by atoms with Gasteiger partial charge < -0.3 is 19.2 Å². The zero-order valence-electron chi connectivity index (χ0n) is 16.5. The van der Waals surface area contributed by atoms with Gasteiger partial charge in [-0.25, -0.2) is 0 Å². The topological polar surface area (TPSA) is 92.9 Å². The minimum absolute atomic E-state index is 0.00595. The summed E-state index contributed by atoms with van der Waals surface area (Å²) in [5, 5.41) is 11.0. The number of aliphatic hydroxyl groups is 1. The van der Waals surface area contributed by atoms with Crippen molar-refractivity contribution in [3.05, 3.63) is 89.1 Å². The van der Waals surface area contributed by atoms with Crippen LogP contribution >= 0.6 is 0 Å². The number of hydrogen-bond acceptors (Lipinski definition) is 6. The Morgan fingerprint density at radius 1 is 1.10 bits per heavy atom. The molecule has 0 aliphatic carbocycles. The fraction of sp³-hybridized carbons (Fsp3) is 0.174. The van der Waals surface area contributed by atoms with Crippen LogP contribution in [0.1, 0.15) is 28.7 Å². The lowest BCUT2D eigenvalue weighted by atomic mass is 9.99. The molecule has 1 atom stereocenters. The zero-order chi connectivity index (χ0) is 21.3. The number of nitrogens with zero attached hydrogens (tertiary/aromatic N) is 2. The maximum Gasteiger partial charge on any atom is 0.296 e. The number of carbonyl (C=O) groups excluding carboxylic acids is 2. The molecule has 1 aromatic carbocycles. The van der Waals surface area contributed by atoms with Crippen molar-refractivity contribution in [1.29, 1.82) is 0 Å². The maximum atomic E-state index is 12.9. The summed E-state index contributed by atoms with van der Waals surface area (Å²) < 4.78 is 10.9. The van der Waals surface area contributed by atoms with E-state index in [9.17, 15) is 14.7 Å². The van der Waals surface area contributed by atoms with E-state index in [1.807, 2.05) is 0 Å². The van der Waals surface area contributed by atoms with Gasteiger partial charge in [0, 0.05) is 24.5 Å². The number of furan rings is 1. The monoisotopic (exact) mass is 404 g/mol. The van der Waals surface area contributed by atoms with E-state index < -0.39 is 17.7 Å². The van der Waals surface area contributed by atoms with E-state index in [4.69, 9.17) is 9.15 Å². The molecule has 0 saturated carbocycles. The standard InChI is InChI=1S/C23H20N2O5/c1-14-3-8-18(30-14)20-19(21(26)16-4-6-17(29-2)7-5-16)22(27)23(28)25(20)13-15-9-11-24-12-10-15/h3-12,20,26H,13H2,1-2H3/b21-19-. The number of Topliss-reactive ketones (excluding diaryl/α,β-unsaturated/α-hetero) is 1. The van der Waals surface area contributed by atoms with Crippen molar-refractivity contribution in [2.75, 3.05) is 7.11 Å². The number of ketones is 1. The highest BCUT2D eigenvalue weighted by Gasteiger charge is 2.47. The van der Waals surface area contributed by atoms with E-state index in [0.717, 1.165) is 5.56 Å². The summed E-state index contributed by atoms with van der Waals surface area (Å²) >= 11 is 0. The number of amides is 1. The number of aryl methyl sites for hydroxylation is 1. The molecule has 1 aliphatic heterocycles. The maximum absolute atomic E-state index is 12.9. The predicted octanol–water partition coefficient (Wildman–Crippen LogP) is 3.61. The SMILES string of the molecule is COc1ccc(/C(O)=C2/C(=O)C(=O)N(Cc3ccncc3)C2c2ccc(C)o2)cc1. The van der Waals surface area contributed by atoms with E-state index in [1.165, 1.54) is 4.90 Å². The number of hydrogen-bond donors (Lipinski definition) is 1. The van der Waals surface area contributed by atoms with Crippen LogP contribution in [0.2, 0.25) is 0 Å². The average molecular weight is 404 g/mol. The zero-order valence-corrected chi connectivity index (χ0v) is 16.5. The Balaban J connectivity index is 1.83. The number of rotatable bonds is 5. The number of ether oxygens (including phenoxy) is 1. The molecule has 1 aliphatic rings. The van der Waals surface area contributed by atoms with E-state index in [2.05, 4.69) is 4.98 Å². The summed E-state index contributed by atoms with van der Waals surface area (Å²) in [6.07, 6.45) is 3.24. The van der Waals surface area contributed by atoms with Crippen LogP contribution in [0, 0.1) is 6.92 Å². The van der Waals surface area contributed by atoms with Crippen LogP contribution in [0.4, 0.5) is 0 Å². The normalized spacial score (nSPS) is 18.1. The number of benzene rings is 1. The predicted molar refractivity (Wildman–Crippen MR) is 109 cm³/mol. The molecule has 30 heavy (non-hydrogen) atoms. The summed E-state index contributed by atoms with van der Waals surface area (Å²) in [5.74, 6) is -0.0349. The first-order valence-corrected chi connectivity index (χ1v) is 9.37. The third-order valence-corrected chi connectivity index (χ3v) is 5.04. The van der Waals surface area contributed by atoms with Crippen LogP contribution in [-0.4, -0.2) is 33.8 Å². The fourth-order valence-electron chi connectivity index (χ4n) is 3.53. The highest BCUT2D eigenvalue weighted by atomic mass is 16.5. The molecule has 0 bridgehead atoms. The second-order valence-electron chi connectivity index (χ2n) is 6.96. The van der Waals surface area contributed by atoms with E-state index in [1.54, 1.807) is 75.0 Å². The molecular formula is C23H20N2O5. The van der Waals surface area contributed by atoms with Gasteiger partial charge in [0.1, 0.15) is 29.1 Å². The molecular weight excluding hydrogens is 384 g/mol. The van der Waals surface area contributed by atoms with Crippen LogP contribution in [0.5, 0.6) is 5.75 Å². The van der Waals surface area contributed by atoms with Crippen molar-refractivity contribution >= 4 is 17.4 Å². The molecule has 1 fully saturated rings. The summed E-state index contributed by atoms with van der Waals surface area (Å²) in [6.45, 7) is 1.96. The molecule has 1 saturated heterocycles. The molecule has 7 nitrogen and oxygen atoms in total. The summed E-state index contributed by atoms with van der Waals surface area (Å²) in [5.41, 5.74) is 1.21. The van der Waals surface area contributed by atoms with Crippen molar-refractivity contribution < 1.29 is 23.8 Å². The van der Waals surface area contributed by atoms with Gasteiger partial charge in [-0.2, -0.15) is 0 Å². The van der Waals surface area contributed by atoms with Crippen LogP contribution < -0.4 is 4.74 Å². The van der Waals surface area contributed by atoms with Crippen LogP contribution in [0.25, 0.3) is 5.76 Å². The number of carbonyl (C=O) groups is 2. The lowest BCUT2D eigenvalue weighted by Gasteiger charge is -2.23. The van der Waals surface area contributed by atoms with Crippen LogP contribution in [0.3, 0.4) is 0 Å². The van der Waals surface area contributed by atoms with Gasteiger partial charge in [-0.1, -0.05) is 0 Å². The summed E-state index contributed by atoms with van der Waals surface area (Å²) in [6, 6.07) is 12.8. The molecule has 2 aromatic heterocycles. The lowest BCUT2D eigenvalue weighted by molar-refractivity contribution is -0.140. The van der Waals surface area contributed by atoms with Gasteiger partial charge in [0.15, 0.2) is 0 Å². The smallest absolute Gasteiger partial charge is 0.296 e. The Morgan fingerprint density at radius 2 is 1.80 bits per heavy atom. The number of pyridine rings is 1. The number of likely N-dealkylation sites (tertiary alicyclic amines) is 1. The van der Waals surface area contributed by atoms with Crippen molar-refractivity contribution in [3.63, 3.8) is 0 Å². The molecule has 4 rings (SSSR count). The van der Waals surface area contributed by atoms with Gasteiger partial charge in [0.05, 0.1) is 12.7 Å². The molecule has 0 spiro atoms. The molecule has 0 radical (unpaired) electrons. The molecule has 1 unspecified atom stereocenters. The third kappa shape index (κ3) is 3.45. The Bertz CT molecular complexity index is 1120. The molecule has 1 amide bonds. The Morgan fingerprint density at radius 3 is 2.40 bits per heavy atom. The van der Waals surface area contributed by atoms with E-state index in [0.29, 0.717) is 22.8 Å². The van der Waals surface area contributed by atoms with Gasteiger partial charge in [-0.05, 0) is 61.0 Å². The highest BCUT2D eigenvalue weighted by Crippen LogP contribution is 2.40. The summed E-state index contributed by atoms with van der Waals surface area (Å²) in [7, 11) is 1.54. The number of methoxy groups -OCH3 is 1. The lowest BCUT2D eigenvalue weighted by Crippen LogP contribution is -2.29. The van der Waals surface area contributed by atoms with Gasteiger partial charge >= 0.3 is 0 Å². The second-order valence-corrected chi connectivity index (χ2v) is 6.96. The second kappa shape index (κ2) is 7.87. The van der Waals surface area contributed by atoms with Crippen molar-refractivity contribution in [2.45, 2.75) is 19.5 Å². The Hall–Kier alpha value is -3.87. The van der Waals surface area contributed by atoms with Crippen molar-refractivity contribution in [2.24, 2.45) is 0 Å². The molecule has 3 aromatic rings. The summed E-state index contributed by atoms with van der Waals surface area (Å²) in [4.78, 5) is 31.2. The number of aromatic nitrogens is 1. The molecule has 152 valence electrons. The number of aliphatic hydroxyl groups excluding tert-OH is 1. The minimum atomic E-state index is -0.839. The molecule has 3 heterocycles. The minimum Gasteiger partial charge on any atom is -0.507 e. The van der Waals surface area contributed by atoms with Crippen LogP contribution in [0.15, 0.2) is 70.9 Å². The first-order valence-electron chi connectivity index (χ1n) is 9.37. The van der Waals surface area contributed by atoms with Gasteiger partial charge in [-0.15, -0.1) is 0 Å². The first-order chi connectivity index (χ1) is 14.5. The Labute approximate surface area is 173 Å². The van der Waals surface area contributed by atoms with Crippen molar-refractivity contribution in [1.82, 2.24) is 9.88 Å². The van der Waals surface area contributed by atoms with Gasteiger partial charge in [0.2, 0.25) is 0 Å². The van der Waals surface area contributed by atoms with Gasteiger partial charge in [0.25, 0.3) is 11.7 Å².